The molecule has 1 aromatic heterocycles. The van der Waals surface area contributed by atoms with Crippen molar-refractivity contribution in [3.05, 3.63) is 9.98 Å². The largest absolute Gasteiger partial charge is 0.480 e. The molecule has 5 nitrogen and oxygen atoms in total. The van der Waals surface area contributed by atoms with Crippen molar-refractivity contribution in [2.45, 2.75) is 0 Å². The Morgan fingerprint density at radius 2 is 2.25 bits per heavy atom. The van der Waals surface area contributed by atoms with Crippen molar-refractivity contribution >= 4 is 38.4 Å². The fourth-order valence-electron chi connectivity index (χ4n) is 1.12. The van der Waals surface area contributed by atoms with E-state index in [1.165, 1.54) is 11.3 Å². The molecule has 0 radical (unpaired) electrons. The van der Waals surface area contributed by atoms with Crippen molar-refractivity contribution in [3.63, 3.8) is 0 Å². The zero-order valence-electron chi connectivity index (χ0n) is 9.18. The second kappa shape index (κ2) is 6.17. The van der Waals surface area contributed by atoms with Crippen LogP contribution in [0.25, 0.3) is 0 Å². The first kappa shape index (κ1) is 13.4. The number of anilines is 1. The number of nitrogens with zero attached hydrogens (tertiary/aromatic N) is 3. The number of aromatic nitrogens is 1. The summed E-state index contributed by atoms with van der Waals surface area (Å²) >= 11 is 4.70. The molecule has 0 aliphatic carbocycles. The molecule has 7 heteroatoms. The van der Waals surface area contributed by atoms with E-state index >= 15 is 0 Å². The lowest BCUT2D eigenvalue weighted by molar-refractivity contribution is -0.135. The van der Waals surface area contributed by atoms with Crippen LogP contribution in [0.15, 0.2) is 9.98 Å². The highest BCUT2D eigenvalue weighted by molar-refractivity contribution is 9.10. The van der Waals surface area contributed by atoms with Crippen molar-refractivity contribution < 1.29 is 9.90 Å². The smallest absolute Gasteiger partial charge is 0.323 e. The zero-order chi connectivity index (χ0) is 12.1. The molecule has 1 aromatic rings. The van der Waals surface area contributed by atoms with Gasteiger partial charge in [-0.15, -0.1) is 11.3 Å². The van der Waals surface area contributed by atoms with Crippen LogP contribution in [0.1, 0.15) is 0 Å². The minimum atomic E-state index is -0.843. The molecule has 1 rings (SSSR count). The molecule has 0 spiro atoms. The summed E-state index contributed by atoms with van der Waals surface area (Å²) in [4.78, 5) is 18.7. The third kappa shape index (κ3) is 4.46. The van der Waals surface area contributed by atoms with Crippen LogP contribution in [0.3, 0.4) is 0 Å². The van der Waals surface area contributed by atoms with Crippen molar-refractivity contribution in [3.8, 4) is 0 Å². The summed E-state index contributed by atoms with van der Waals surface area (Å²) in [6.45, 7) is 1.43. The van der Waals surface area contributed by atoms with Crippen LogP contribution in [0.5, 0.6) is 0 Å². The highest BCUT2D eigenvalue weighted by atomic mass is 79.9. The van der Waals surface area contributed by atoms with Gasteiger partial charge in [-0.2, -0.15) is 0 Å². The van der Waals surface area contributed by atoms with E-state index in [0.717, 1.165) is 16.3 Å². The Balaban J connectivity index is 2.67. The third-order valence-electron chi connectivity index (χ3n) is 1.88. The van der Waals surface area contributed by atoms with E-state index in [2.05, 4.69) is 20.9 Å². The summed E-state index contributed by atoms with van der Waals surface area (Å²) in [6, 6.07) is 0. The SMILES string of the molecule is CN(C)CCN(CC(=O)O)c1nc(Br)cs1. The number of carboxylic acid groups (broad SMARTS) is 1. The molecule has 0 saturated carbocycles. The molecule has 0 aliphatic heterocycles. The quantitative estimate of drug-likeness (QED) is 0.860. The van der Waals surface area contributed by atoms with Gasteiger partial charge in [0, 0.05) is 18.5 Å². The number of hydrogen-bond donors (Lipinski definition) is 1. The van der Waals surface area contributed by atoms with E-state index in [1.54, 1.807) is 4.90 Å². The van der Waals surface area contributed by atoms with E-state index in [-0.39, 0.29) is 6.54 Å². The van der Waals surface area contributed by atoms with Crippen LogP contribution in [-0.2, 0) is 4.79 Å². The van der Waals surface area contributed by atoms with Crippen molar-refractivity contribution in [1.29, 1.82) is 0 Å². The second-order valence-corrected chi connectivity index (χ2v) is 5.22. The van der Waals surface area contributed by atoms with Gasteiger partial charge in [-0.1, -0.05) is 0 Å². The van der Waals surface area contributed by atoms with Gasteiger partial charge in [-0.05, 0) is 30.0 Å². The summed E-state index contributed by atoms with van der Waals surface area (Å²) in [5.41, 5.74) is 0. The van der Waals surface area contributed by atoms with Crippen LogP contribution in [0, 0.1) is 0 Å². The first-order valence-electron chi connectivity index (χ1n) is 4.71. The number of aliphatic carboxylic acids is 1. The second-order valence-electron chi connectivity index (χ2n) is 3.57. The number of halogens is 1. The molecule has 0 unspecified atom stereocenters. The molecule has 0 aromatic carbocycles. The van der Waals surface area contributed by atoms with Gasteiger partial charge in [-0.3, -0.25) is 4.79 Å². The number of likely N-dealkylation sites (N-methyl/N-ethyl adjacent to an activating group) is 1. The summed E-state index contributed by atoms with van der Waals surface area (Å²) in [5.74, 6) is -0.843. The number of hydrogen-bond acceptors (Lipinski definition) is 5. The van der Waals surface area contributed by atoms with Crippen LogP contribution in [0.2, 0.25) is 0 Å². The average Bonchev–Trinajstić information content (AvgIpc) is 2.58. The van der Waals surface area contributed by atoms with Gasteiger partial charge in [-0.25, -0.2) is 4.98 Å². The van der Waals surface area contributed by atoms with Gasteiger partial charge in [0.25, 0.3) is 0 Å². The van der Waals surface area contributed by atoms with E-state index in [9.17, 15) is 4.79 Å². The van der Waals surface area contributed by atoms with Crippen LogP contribution < -0.4 is 4.90 Å². The molecule has 0 fully saturated rings. The summed E-state index contributed by atoms with van der Waals surface area (Å²) in [5, 5.41) is 11.4. The molecule has 0 bridgehead atoms. The molecule has 0 atom stereocenters. The van der Waals surface area contributed by atoms with E-state index in [0.29, 0.717) is 6.54 Å². The van der Waals surface area contributed by atoms with Gasteiger partial charge in [0.15, 0.2) is 5.13 Å². The lowest BCUT2D eigenvalue weighted by atomic mass is 10.5. The summed E-state index contributed by atoms with van der Waals surface area (Å²) in [7, 11) is 3.91. The van der Waals surface area contributed by atoms with E-state index in [4.69, 9.17) is 5.11 Å². The minimum Gasteiger partial charge on any atom is -0.480 e. The molecule has 0 amide bonds. The van der Waals surface area contributed by atoms with Gasteiger partial charge < -0.3 is 14.9 Å². The van der Waals surface area contributed by atoms with Crippen molar-refractivity contribution in [1.82, 2.24) is 9.88 Å². The lowest BCUT2D eigenvalue weighted by Crippen LogP contribution is -2.35. The normalized spacial score (nSPS) is 10.8. The Morgan fingerprint density at radius 1 is 1.56 bits per heavy atom. The molecule has 0 saturated heterocycles. The standard InChI is InChI=1S/C9H14BrN3O2S/c1-12(2)3-4-13(5-8(14)15)9-11-7(10)6-16-9/h6H,3-5H2,1-2H3,(H,14,15). The topological polar surface area (TPSA) is 56.7 Å². The Bertz CT molecular complexity index is 356. The number of carbonyl (C=O) groups is 1. The molecule has 1 heterocycles. The molecular weight excluding hydrogens is 294 g/mol. The Kier molecular flexibility index (Phi) is 5.17. The van der Waals surface area contributed by atoms with Crippen molar-refractivity contribution in [2.75, 3.05) is 38.6 Å². The molecule has 16 heavy (non-hydrogen) atoms. The summed E-state index contributed by atoms with van der Waals surface area (Å²) < 4.78 is 0.743. The summed E-state index contributed by atoms with van der Waals surface area (Å²) in [6.07, 6.45) is 0. The third-order valence-corrected chi connectivity index (χ3v) is 3.49. The zero-order valence-corrected chi connectivity index (χ0v) is 11.6. The first-order chi connectivity index (χ1) is 7.49. The predicted octanol–water partition coefficient (Wildman–Crippen LogP) is 1.36. The molecular formula is C9H14BrN3O2S. The van der Waals surface area contributed by atoms with Gasteiger partial charge >= 0.3 is 5.97 Å². The van der Waals surface area contributed by atoms with E-state index in [1.807, 2.05) is 24.4 Å². The fourth-order valence-corrected chi connectivity index (χ4v) is 2.39. The number of thiazole rings is 1. The molecule has 1 N–H and O–H groups in total. The van der Waals surface area contributed by atoms with Gasteiger partial charge in [0.1, 0.15) is 11.1 Å². The highest BCUT2D eigenvalue weighted by Gasteiger charge is 2.14. The van der Waals surface area contributed by atoms with Crippen LogP contribution in [0.4, 0.5) is 5.13 Å². The number of carboxylic acids is 1. The van der Waals surface area contributed by atoms with Crippen molar-refractivity contribution in [2.24, 2.45) is 0 Å². The van der Waals surface area contributed by atoms with Gasteiger partial charge in [0.05, 0.1) is 0 Å². The average molecular weight is 308 g/mol. The lowest BCUT2D eigenvalue weighted by Gasteiger charge is -2.21. The molecule has 90 valence electrons. The van der Waals surface area contributed by atoms with Crippen LogP contribution >= 0.6 is 27.3 Å². The first-order valence-corrected chi connectivity index (χ1v) is 6.39. The monoisotopic (exact) mass is 307 g/mol. The van der Waals surface area contributed by atoms with Gasteiger partial charge in [0.2, 0.25) is 0 Å². The fraction of sp³-hybridized carbons (Fsp3) is 0.556. The van der Waals surface area contributed by atoms with Crippen LogP contribution in [-0.4, -0.2) is 54.7 Å². The predicted molar refractivity (Wildman–Crippen MR) is 68.2 cm³/mol. The molecule has 0 aliphatic rings. The Labute approximate surface area is 107 Å². The maximum absolute atomic E-state index is 10.7. The minimum absolute atomic E-state index is 0.0200. The maximum Gasteiger partial charge on any atom is 0.323 e. The highest BCUT2D eigenvalue weighted by Crippen LogP contribution is 2.23. The Hall–Kier alpha value is -0.660. The number of rotatable bonds is 6. The maximum atomic E-state index is 10.7. The Morgan fingerprint density at radius 3 is 2.69 bits per heavy atom. The van der Waals surface area contributed by atoms with E-state index < -0.39 is 5.97 Å².